The predicted molar refractivity (Wildman–Crippen MR) is 47.4 cm³/mol. The summed E-state index contributed by atoms with van der Waals surface area (Å²) < 4.78 is 6.88. The molecular formula is C8H9N5O. The zero-order valence-electron chi connectivity index (χ0n) is 7.66. The lowest BCUT2D eigenvalue weighted by Crippen LogP contribution is -1.98. The molecule has 0 N–H and O–H groups in total. The van der Waals surface area contributed by atoms with Crippen molar-refractivity contribution in [3.8, 4) is 6.01 Å². The van der Waals surface area contributed by atoms with Crippen LogP contribution in [0.5, 0.6) is 6.01 Å². The molecule has 0 radical (unpaired) electrons. The van der Waals surface area contributed by atoms with Crippen molar-refractivity contribution in [2.45, 2.75) is 6.61 Å². The van der Waals surface area contributed by atoms with E-state index in [1.165, 1.54) is 0 Å². The molecule has 2 heterocycles. The molecule has 0 bridgehead atoms. The van der Waals surface area contributed by atoms with Gasteiger partial charge in [-0.1, -0.05) is 5.21 Å². The quantitative estimate of drug-likeness (QED) is 0.692. The summed E-state index contributed by atoms with van der Waals surface area (Å²) >= 11 is 0. The van der Waals surface area contributed by atoms with Crippen LogP contribution in [-0.2, 0) is 13.7 Å². The van der Waals surface area contributed by atoms with Crippen LogP contribution in [0.3, 0.4) is 0 Å². The summed E-state index contributed by atoms with van der Waals surface area (Å²) in [6.45, 7) is 0.331. The molecule has 0 atom stereocenters. The third-order valence-corrected chi connectivity index (χ3v) is 1.54. The van der Waals surface area contributed by atoms with E-state index in [1.54, 1.807) is 36.4 Å². The molecule has 0 aliphatic rings. The van der Waals surface area contributed by atoms with Crippen LogP contribution in [0.2, 0.25) is 0 Å². The van der Waals surface area contributed by atoms with Gasteiger partial charge in [0.05, 0.1) is 6.20 Å². The molecule has 0 amide bonds. The van der Waals surface area contributed by atoms with Gasteiger partial charge in [-0.2, -0.15) is 0 Å². The van der Waals surface area contributed by atoms with E-state index in [1.807, 2.05) is 0 Å². The van der Waals surface area contributed by atoms with Crippen LogP contribution in [0, 0.1) is 0 Å². The summed E-state index contributed by atoms with van der Waals surface area (Å²) in [7, 11) is 1.80. The molecular weight excluding hydrogens is 182 g/mol. The fraction of sp³-hybridized carbons (Fsp3) is 0.250. The first kappa shape index (κ1) is 8.61. The topological polar surface area (TPSA) is 65.7 Å². The number of aromatic nitrogens is 5. The first-order valence-corrected chi connectivity index (χ1v) is 4.09. The van der Waals surface area contributed by atoms with Crippen molar-refractivity contribution >= 4 is 0 Å². The van der Waals surface area contributed by atoms with Crippen molar-refractivity contribution < 1.29 is 4.74 Å². The zero-order valence-corrected chi connectivity index (χ0v) is 7.66. The molecule has 0 saturated carbocycles. The highest BCUT2D eigenvalue weighted by Crippen LogP contribution is 2.01. The van der Waals surface area contributed by atoms with Crippen LogP contribution in [0.4, 0.5) is 0 Å². The lowest BCUT2D eigenvalue weighted by atomic mass is 10.5. The second-order valence-electron chi connectivity index (χ2n) is 2.70. The third-order valence-electron chi connectivity index (χ3n) is 1.54. The number of nitrogens with zero attached hydrogens (tertiary/aromatic N) is 5. The second-order valence-corrected chi connectivity index (χ2v) is 2.70. The Bertz CT molecular complexity index is 399. The molecule has 0 fully saturated rings. The highest BCUT2D eigenvalue weighted by Gasteiger charge is 2.00. The van der Waals surface area contributed by atoms with Gasteiger partial charge in [0.25, 0.3) is 0 Å². The highest BCUT2D eigenvalue weighted by molar-refractivity contribution is 4.96. The van der Waals surface area contributed by atoms with Crippen molar-refractivity contribution in [3.63, 3.8) is 0 Å². The van der Waals surface area contributed by atoms with Gasteiger partial charge in [0.1, 0.15) is 12.3 Å². The van der Waals surface area contributed by atoms with E-state index in [0.717, 1.165) is 5.69 Å². The molecule has 0 spiro atoms. The van der Waals surface area contributed by atoms with Crippen molar-refractivity contribution in [1.29, 1.82) is 0 Å². The molecule has 0 aliphatic heterocycles. The van der Waals surface area contributed by atoms with Gasteiger partial charge in [-0.15, -0.1) is 5.10 Å². The Hall–Kier alpha value is -1.98. The summed E-state index contributed by atoms with van der Waals surface area (Å²) in [6.07, 6.45) is 5.03. The first-order valence-electron chi connectivity index (χ1n) is 4.09. The molecule has 0 aromatic carbocycles. The molecule has 2 rings (SSSR count). The SMILES string of the molecule is Cn1cc(COc2ncccn2)nn1. The minimum Gasteiger partial charge on any atom is -0.457 e. The normalized spacial score (nSPS) is 10.1. The van der Waals surface area contributed by atoms with E-state index in [-0.39, 0.29) is 0 Å². The van der Waals surface area contributed by atoms with Crippen LogP contribution in [-0.4, -0.2) is 25.0 Å². The van der Waals surface area contributed by atoms with E-state index in [2.05, 4.69) is 20.3 Å². The summed E-state index contributed by atoms with van der Waals surface area (Å²) in [4.78, 5) is 7.82. The summed E-state index contributed by atoms with van der Waals surface area (Å²) in [6, 6.07) is 2.08. The summed E-state index contributed by atoms with van der Waals surface area (Å²) in [5, 5.41) is 7.64. The Labute approximate surface area is 80.6 Å². The van der Waals surface area contributed by atoms with Gasteiger partial charge >= 0.3 is 6.01 Å². The zero-order chi connectivity index (χ0) is 9.80. The Balaban J connectivity index is 1.95. The van der Waals surface area contributed by atoms with Crippen LogP contribution in [0.15, 0.2) is 24.7 Å². The largest absolute Gasteiger partial charge is 0.457 e. The summed E-state index contributed by atoms with van der Waals surface area (Å²) in [5.41, 5.74) is 0.750. The lowest BCUT2D eigenvalue weighted by Gasteiger charge is -1.99. The maximum atomic E-state index is 5.27. The van der Waals surface area contributed by atoms with E-state index >= 15 is 0 Å². The molecule has 14 heavy (non-hydrogen) atoms. The maximum absolute atomic E-state index is 5.27. The lowest BCUT2D eigenvalue weighted by molar-refractivity contribution is 0.276. The highest BCUT2D eigenvalue weighted by atomic mass is 16.5. The van der Waals surface area contributed by atoms with Crippen molar-refractivity contribution in [2.24, 2.45) is 7.05 Å². The van der Waals surface area contributed by atoms with E-state index in [0.29, 0.717) is 12.6 Å². The Morgan fingerprint density at radius 1 is 1.36 bits per heavy atom. The molecule has 6 heteroatoms. The smallest absolute Gasteiger partial charge is 0.316 e. The first-order chi connectivity index (χ1) is 6.84. The van der Waals surface area contributed by atoms with Crippen molar-refractivity contribution in [1.82, 2.24) is 25.0 Å². The number of aryl methyl sites for hydroxylation is 1. The van der Waals surface area contributed by atoms with Crippen LogP contribution >= 0.6 is 0 Å². The molecule has 0 unspecified atom stereocenters. The minimum absolute atomic E-state index is 0.331. The average molecular weight is 191 g/mol. The Kier molecular flexibility index (Phi) is 2.35. The number of rotatable bonds is 3. The fourth-order valence-electron chi connectivity index (χ4n) is 0.960. The van der Waals surface area contributed by atoms with Gasteiger partial charge in [0.15, 0.2) is 0 Å². The molecule has 72 valence electrons. The Morgan fingerprint density at radius 3 is 2.79 bits per heavy atom. The van der Waals surface area contributed by atoms with E-state index < -0.39 is 0 Å². The van der Waals surface area contributed by atoms with Gasteiger partial charge in [0, 0.05) is 19.4 Å². The monoisotopic (exact) mass is 191 g/mol. The van der Waals surface area contributed by atoms with E-state index in [4.69, 9.17) is 4.74 Å². The minimum atomic E-state index is 0.331. The standard InChI is InChI=1S/C8H9N5O/c1-13-5-7(11-12-13)6-14-8-9-3-2-4-10-8/h2-5H,6H2,1H3. The average Bonchev–Trinajstić information content (AvgIpc) is 2.63. The number of ether oxygens (including phenoxy) is 1. The molecule has 6 nitrogen and oxygen atoms in total. The van der Waals surface area contributed by atoms with Gasteiger partial charge in [-0.05, 0) is 6.07 Å². The van der Waals surface area contributed by atoms with Crippen LogP contribution in [0.1, 0.15) is 5.69 Å². The summed E-state index contributed by atoms with van der Waals surface area (Å²) in [5.74, 6) is 0. The van der Waals surface area contributed by atoms with Gasteiger partial charge in [-0.3, -0.25) is 4.68 Å². The maximum Gasteiger partial charge on any atom is 0.316 e. The predicted octanol–water partition coefficient (Wildman–Crippen LogP) is 0.184. The van der Waals surface area contributed by atoms with Crippen LogP contribution < -0.4 is 4.74 Å². The molecule has 0 saturated heterocycles. The van der Waals surface area contributed by atoms with E-state index in [9.17, 15) is 0 Å². The second kappa shape index (κ2) is 3.82. The van der Waals surface area contributed by atoms with Gasteiger partial charge in [-0.25, -0.2) is 9.97 Å². The number of hydrogen-bond donors (Lipinski definition) is 0. The number of hydrogen-bond acceptors (Lipinski definition) is 5. The molecule has 2 aromatic rings. The van der Waals surface area contributed by atoms with Gasteiger partial charge in [0.2, 0.25) is 0 Å². The fourth-order valence-corrected chi connectivity index (χ4v) is 0.960. The molecule has 2 aromatic heterocycles. The van der Waals surface area contributed by atoms with Crippen molar-refractivity contribution in [3.05, 3.63) is 30.4 Å². The van der Waals surface area contributed by atoms with Crippen LogP contribution in [0.25, 0.3) is 0 Å². The van der Waals surface area contributed by atoms with Gasteiger partial charge < -0.3 is 4.74 Å². The Morgan fingerprint density at radius 2 is 2.14 bits per heavy atom. The molecule has 0 aliphatic carbocycles. The van der Waals surface area contributed by atoms with Crippen molar-refractivity contribution in [2.75, 3.05) is 0 Å². The third kappa shape index (κ3) is 2.03.